The minimum absolute atomic E-state index is 0.323. The number of thioether (sulfide) groups is 1. The minimum atomic E-state index is -0.738. The quantitative estimate of drug-likeness (QED) is 0.865. The molecule has 0 aromatic heterocycles. The van der Waals surface area contributed by atoms with E-state index in [1.54, 1.807) is 18.7 Å². The van der Waals surface area contributed by atoms with Gasteiger partial charge in [0.25, 0.3) is 0 Å². The zero-order valence-electron chi connectivity index (χ0n) is 9.40. The molecular formula is C12H15BrN2S. The summed E-state index contributed by atoms with van der Waals surface area (Å²) in [4.78, 5) is 1.19. The molecule has 0 bridgehead atoms. The van der Waals surface area contributed by atoms with E-state index in [2.05, 4.69) is 41.1 Å². The van der Waals surface area contributed by atoms with Gasteiger partial charge in [0.15, 0.2) is 0 Å². The molecule has 0 amide bonds. The van der Waals surface area contributed by atoms with Gasteiger partial charge in [-0.25, -0.2) is 0 Å². The van der Waals surface area contributed by atoms with Crippen LogP contribution in [0.3, 0.4) is 0 Å². The number of benzene rings is 1. The van der Waals surface area contributed by atoms with E-state index in [-0.39, 0.29) is 0 Å². The summed E-state index contributed by atoms with van der Waals surface area (Å²) in [5, 5.41) is 9.18. The number of rotatable bonds is 4. The first kappa shape index (κ1) is 13.6. The number of nitrogens with two attached hydrogens (primary N) is 1. The molecule has 0 radical (unpaired) electrons. The molecule has 0 fully saturated rings. The van der Waals surface area contributed by atoms with Crippen LogP contribution in [0.1, 0.15) is 20.3 Å². The molecule has 1 rings (SSSR count). The summed E-state index contributed by atoms with van der Waals surface area (Å²) in [6.45, 7) is 3.86. The summed E-state index contributed by atoms with van der Waals surface area (Å²) in [6.07, 6.45) is 0.681. The summed E-state index contributed by atoms with van der Waals surface area (Å²) in [6, 6.07) is 10.3. The Morgan fingerprint density at radius 2 is 2.31 bits per heavy atom. The largest absolute Gasteiger partial charge is 0.314 e. The maximum atomic E-state index is 8.86. The lowest BCUT2D eigenvalue weighted by Gasteiger charge is -2.20. The van der Waals surface area contributed by atoms with Crippen LogP contribution in [0.2, 0.25) is 0 Å². The smallest absolute Gasteiger partial charge is 0.102 e. The SMILES string of the molecule is CC(CC(C)(N)C#N)Sc1cccc(Br)c1. The van der Waals surface area contributed by atoms with Gasteiger partial charge in [-0.15, -0.1) is 11.8 Å². The van der Waals surface area contributed by atoms with Crippen LogP contribution in [0.4, 0.5) is 0 Å². The fraction of sp³-hybridized carbons (Fsp3) is 0.417. The molecule has 0 heterocycles. The van der Waals surface area contributed by atoms with Crippen LogP contribution in [0.15, 0.2) is 33.6 Å². The van der Waals surface area contributed by atoms with Crippen molar-refractivity contribution in [2.75, 3.05) is 0 Å². The Bertz CT molecular complexity index is 398. The molecule has 16 heavy (non-hydrogen) atoms. The van der Waals surface area contributed by atoms with E-state index >= 15 is 0 Å². The van der Waals surface area contributed by atoms with E-state index in [9.17, 15) is 0 Å². The van der Waals surface area contributed by atoms with Crippen molar-refractivity contribution >= 4 is 27.7 Å². The van der Waals surface area contributed by atoms with E-state index in [1.165, 1.54) is 4.90 Å². The molecule has 4 heteroatoms. The van der Waals surface area contributed by atoms with Crippen LogP contribution in [0.25, 0.3) is 0 Å². The van der Waals surface area contributed by atoms with E-state index < -0.39 is 5.54 Å². The van der Waals surface area contributed by atoms with E-state index in [0.717, 1.165) is 4.47 Å². The van der Waals surface area contributed by atoms with Crippen LogP contribution in [-0.4, -0.2) is 10.8 Å². The van der Waals surface area contributed by atoms with Gasteiger partial charge in [0, 0.05) is 14.6 Å². The van der Waals surface area contributed by atoms with E-state index in [1.807, 2.05) is 12.1 Å². The van der Waals surface area contributed by atoms with Crippen LogP contribution < -0.4 is 5.73 Å². The van der Waals surface area contributed by atoms with Gasteiger partial charge in [0.1, 0.15) is 5.54 Å². The van der Waals surface area contributed by atoms with Gasteiger partial charge >= 0.3 is 0 Å². The Morgan fingerprint density at radius 3 is 2.88 bits per heavy atom. The van der Waals surface area contributed by atoms with Crippen molar-refractivity contribution in [1.29, 1.82) is 5.26 Å². The Balaban J connectivity index is 2.59. The Labute approximate surface area is 109 Å². The number of hydrogen-bond donors (Lipinski definition) is 1. The Hall–Kier alpha value is -0.500. The molecule has 2 unspecified atom stereocenters. The molecule has 2 N–H and O–H groups in total. The summed E-state index contributed by atoms with van der Waals surface area (Å²) in [5.74, 6) is 0. The lowest BCUT2D eigenvalue weighted by Crippen LogP contribution is -2.36. The first-order valence-corrected chi connectivity index (χ1v) is 6.72. The summed E-state index contributed by atoms with van der Waals surface area (Å²) in [5.41, 5.74) is 5.08. The molecule has 0 aliphatic heterocycles. The number of nitrogens with zero attached hydrogens (tertiary/aromatic N) is 1. The molecule has 0 aliphatic carbocycles. The second-order valence-electron chi connectivity index (χ2n) is 4.12. The molecule has 0 aliphatic rings. The van der Waals surface area contributed by atoms with Gasteiger partial charge in [0.2, 0.25) is 0 Å². The second kappa shape index (κ2) is 5.72. The van der Waals surface area contributed by atoms with Crippen molar-refractivity contribution in [3.63, 3.8) is 0 Å². The van der Waals surface area contributed by atoms with Crippen molar-refractivity contribution in [2.45, 2.75) is 36.0 Å². The van der Waals surface area contributed by atoms with Gasteiger partial charge < -0.3 is 5.73 Å². The predicted octanol–water partition coefficient (Wildman–Crippen LogP) is 3.56. The fourth-order valence-corrected chi connectivity index (χ4v) is 3.25. The normalized spacial score (nSPS) is 16.2. The molecular weight excluding hydrogens is 284 g/mol. The van der Waals surface area contributed by atoms with E-state index in [4.69, 9.17) is 11.0 Å². The van der Waals surface area contributed by atoms with Gasteiger partial charge in [-0.3, -0.25) is 0 Å². The third kappa shape index (κ3) is 4.56. The Morgan fingerprint density at radius 1 is 1.62 bits per heavy atom. The number of halogens is 1. The standard InChI is InChI=1S/C12H15BrN2S/c1-9(7-12(2,15)8-14)16-11-5-3-4-10(13)6-11/h3-6,9H,7,15H2,1-2H3. The highest BCUT2D eigenvalue weighted by atomic mass is 79.9. The lowest BCUT2D eigenvalue weighted by atomic mass is 10.00. The first-order chi connectivity index (χ1) is 7.43. The maximum Gasteiger partial charge on any atom is 0.102 e. The van der Waals surface area contributed by atoms with Gasteiger partial charge in [-0.1, -0.05) is 28.9 Å². The monoisotopic (exact) mass is 298 g/mol. The zero-order chi connectivity index (χ0) is 12.2. The summed E-state index contributed by atoms with van der Waals surface area (Å²) >= 11 is 5.18. The second-order valence-corrected chi connectivity index (χ2v) is 6.55. The predicted molar refractivity (Wildman–Crippen MR) is 72.3 cm³/mol. The first-order valence-electron chi connectivity index (χ1n) is 5.05. The third-order valence-corrected chi connectivity index (χ3v) is 3.69. The van der Waals surface area contributed by atoms with Gasteiger partial charge in [-0.2, -0.15) is 5.26 Å². The van der Waals surface area contributed by atoms with Crippen molar-refractivity contribution in [3.05, 3.63) is 28.7 Å². The van der Waals surface area contributed by atoms with Gasteiger partial charge in [-0.05, 0) is 31.5 Å². The molecule has 1 aromatic carbocycles. The molecule has 1 aromatic rings. The highest BCUT2D eigenvalue weighted by Gasteiger charge is 2.21. The fourth-order valence-electron chi connectivity index (χ4n) is 1.46. The van der Waals surface area contributed by atoms with Crippen molar-refractivity contribution in [3.8, 4) is 6.07 Å². The molecule has 2 nitrogen and oxygen atoms in total. The molecule has 2 atom stereocenters. The van der Waals surface area contributed by atoms with Crippen LogP contribution in [0, 0.1) is 11.3 Å². The van der Waals surface area contributed by atoms with Crippen molar-refractivity contribution in [2.24, 2.45) is 5.73 Å². The van der Waals surface area contributed by atoms with Crippen LogP contribution in [0.5, 0.6) is 0 Å². The van der Waals surface area contributed by atoms with Crippen molar-refractivity contribution in [1.82, 2.24) is 0 Å². The van der Waals surface area contributed by atoms with Gasteiger partial charge in [0.05, 0.1) is 6.07 Å². The summed E-state index contributed by atoms with van der Waals surface area (Å²) < 4.78 is 1.07. The molecule has 86 valence electrons. The lowest BCUT2D eigenvalue weighted by molar-refractivity contribution is 0.545. The minimum Gasteiger partial charge on any atom is -0.314 e. The Kier molecular flexibility index (Phi) is 4.85. The number of nitriles is 1. The zero-order valence-corrected chi connectivity index (χ0v) is 11.8. The van der Waals surface area contributed by atoms with Crippen molar-refractivity contribution < 1.29 is 0 Å². The summed E-state index contributed by atoms with van der Waals surface area (Å²) in [7, 11) is 0. The molecule has 0 saturated carbocycles. The topological polar surface area (TPSA) is 49.8 Å². The van der Waals surface area contributed by atoms with E-state index in [0.29, 0.717) is 11.7 Å². The van der Waals surface area contributed by atoms with Crippen LogP contribution in [-0.2, 0) is 0 Å². The third-order valence-electron chi connectivity index (χ3n) is 2.10. The highest BCUT2D eigenvalue weighted by Crippen LogP contribution is 2.29. The highest BCUT2D eigenvalue weighted by molar-refractivity contribution is 9.10. The average Bonchev–Trinajstić information content (AvgIpc) is 2.16. The molecule has 0 saturated heterocycles. The van der Waals surface area contributed by atoms with Crippen LogP contribution >= 0.6 is 27.7 Å². The average molecular weight is 299 g/mol. The maximum absolute atomic E-state index is 8.86. The number of hydrogen-bond acceptors (Lipinski definition) is 3. The molecule has 0 spiro atoms.